The number of benzene rings is 1. The smallest absolute Gasteiger partial charge is 0.144 e. The van der Waals surface area contributed by atoms with E-state index < -0.39 is 0 Å². The highest BCUT2D eigenvalue weighted by molar-refractivity contribution is 5.61. The topological polar surface area (TPSA) is 56.5 Å². The molecule has 0 saturated heterocycles. The van der Waals surface area contributed by atoms with Crippen LogP contribution in [-0.2, 0) is 4.74 Å². The molecule has 0 aliphatic rings. The molecule has 0 aromatic heterocycles. The maximum absolute atomic E-state index is 5.85. The Bertz CT molecular complexity index is 350. The van der Waals surface area contributed by atoms with Gasteiger partial charge < -0.3 is 20.5 Å². The maximum Gasteiger partial charge on any atom is 0.144 e. The lowest BCUT2D eigenvalue weighted by Crippen LogP contribution is -2.24. The highest BCUT2D eigenvalue weighted by atomic mass is 16.5. The van der Waals surface area contributed by atoms with Crippen LogP contribution in [0.15, 0.2) is 18.2 Å². The van der Waals surface area contributed by atoms with Crippen molar-refractivity contribution in [3.63, 3.8) is 0 Å². The fourth-order valence-electron chi connectivity index (χ4n) is 1.89. The van der Waals surface area contributed by atoms with Gasteiger partial charge in [0.1, 0.15) is 5.75 Å². The van der Waals surface area contributed by atoms with E-state index in [1.165, 1.54) is 0 Å². The molecule has 1 atom stereocenters. The Balaban J connectivity index is 2.72. The number of ether oxygens (including phenoxy) is 2. The van der Waals surface area contributed by atoms with Crippen molar-refractivity contribution in [1.82, 2.24) is 0 Å². The molecule has 102 valence electrons. The lowest BCUT2D eigenvalue weighted by Gasteiger charge is -2.19. The number of methoxy groups -OCH3 is 1. The van der Waals surface area contributed by atoms with E-state index in [9.17, 15) is 0 Å². The van der Waals surface area contributed by atoms with Crippen LogP contribution >= 0.6 is 0 Å². The molecular weight excluding hydrogens is 228 g/mol. The predicted molar refractivity (Wildman–Crippen MR) is 76.2 cm³/mol. The number of hydrogen-bond donors (Lipinski definition) is 2. The second kappa shape index (κ2) is 7.82. The number of nitrogen functional groups attached to an aromatic ring is 1. The normalized spacial score (nSPS) is 12.2. The Labute approximate surface area is 109 Å². The van der Waals surface area contributed by atoms with E-state index in [0.717, 1.165) is 24.3 Å². The molecule has 1 unspecified atom stereocenters. The van der Waals surface area contributed by atoms with Crippen LogP contribution in [-0.4, -0.2) is 26.4 Å². The average molecular weight is 252 g/mol. The van der Waals surface area contributed by atoms with Crippen LogP contribution in [0.4, 0.5) is 11.4 Å². The van der Waals surface area contributed by atoms with Gasteiger partial charge in [0.25, 0.3) is 0 Å². The summed E-state index contributed by atoms with van der Waals surface area (Å²) in [5.41, 5.74) is 7.53. The Morgan fingerprint density at radius 2 is 2.11 bits per heavy atom. The summed E-state index contributed by atoms with van der Waals surface area (Å²) in [6, 6.07) is 6.09. The first-order valence-electron chi connectivity index (χ1n) is 6.49. The lowest BCUT2D eigenvalue weighted by molar-refractivity contribution is 0.182. The number of nitrogens with two attached hydrogens (primary N) is 1. The zero-order chi connectivity index (χ0) is 13.4. The summed E-state index contributed by atoms with van der Waals surface area (Å²) in [6.07, 6.45) is 2.19. The second-order valence-corrected chi connectivity index (χ2v) is 4.27. The van der Waals surface area contributed by atoms with Gasteiger partial charge in [-0.25, -0.2) is 0 Å². The van der Waals surface area contributed by atoms with Gasteiger partial charge in [-0.15, -0.1) is 0 Å². The minimum Gasteiger partial charge on any atom is -0.492 e. The highest BCUT2D eigenvalue weighted by Gasteiger charge is 2.08. The summed E-state index contributed by atoms with van der Waals surface area (Å²) in [6.45, 7) is 5.43. The van der Waals surface area contributed by atoms with E-state index >= 15 is 0 Å². The third-order valence-corrected chi connectivity index (χ3v) is 2.69. The van der Waals surface area contributed by atoms with Crippen LogP contribution < -0.4 is 15.8 Å². The van der Waals surface area contributed by atoms with Crippen molar-refractivity contribution >= 4 is 11.4 Å². The molecule has 0 saturated carbocycles. The zero-order valence-electron chi connectivity index (χ0n) is 11.5. The summed E-state index contributed by atoms with van der Waals surface area (Å²) in [5.74, 6) is 0.732. The molecule has 1 aromatic rings. The Kier molecular flexibility index (Phi) is 6.36. The fourth-order valence-corrected chi connectivity index (χ4v) is 1.89. The number of rotatable bonds is 8. The second-order valence-electron chi connectivity index (χ2n) is 4.27. The van der Waals surface area contributed by atoms with Gasteiger partial charge in [-0.05, 0) is 25.5 Å². The number of nitrogens with one attached hydrogen (secondary N) is 1. The quantitative estimate of drug-likeness (QED) is 0.698. The van der Waals surface area contributed by atoms with E-state index in [1.807, 2.05) is 25.1 Å². The average Bonchev–Trinajstić information content (AvgIpc) is 2.34. The third kappa shape index (κ3) is 4.45. The van der Waals surface area contributed by atoms with E-state index in [2.05, 4.69) is 12.2 Å². The predicted octanol–water partition coefficient (Wildman–Crippen LogP) is 2.89. The van der Waals surface area contributed by atoms with Gasteiger partial charge in [-0.3, -0.25) is 0 Å². The first kappa shape index (κ1) is 14.6. The zero-order valence-corrected chi connectivity index (χ0v) is 11.5. The molecule has 18 heavy (non-hydrogen) atoms. The molecule has 4 nitrogen and oxygen atoms in total. The standard InChI is InChI=1S/C14H24N2O2/c1-4-6-12(10-17-3)16-11-7-8-13(15)14(9-11)18-5-2/h7-9,12,16H,4-6,10,15H2,1-3H3. The van der Waals surface area contributed by atoms with Gasteiger partial charge in [-0.2, -0.15) is 0 Å². The van der Waals surface area contributed by atoms with Crippen molar-refractivity contribution in [3.8, 4) is 5.75 Å². The van der Waals surface area contributed by atoms with Gasteiger partial charge >= 0.3 is 0 Å². The van der Waals surface area contributed by atoms with Crippen molar-refractivity contribution < 1.29 is 9.47 Å². The first-order valence-corrected chi connectivity index (χ1v) is 6.49. The van der Waals surface area contributed by atoms with E-state index in [4.69, 9.17) is 15.2 Å². The molecule has 1 aromatic carbocycles. The molecule has 0 amide bonds. The minimum atomic E-state index is 0.318. The Morgan fingerprint density at radius 3 is 2.72 bits per heavy atom. The van der Waals surface area contributed by atoms with Gasteiger partial charge in [0, 0.05) is 24.9 Å². The fraction of sp³-hybridized carbons (Fsp3) is 0.571. The summed E-state index contributed by atoms with van der Waals surface area (Å²) >= 11 is 0. The Morgan fingerprint density at radius 1 is 1.33 bits per heavy atom. The molecule has 0 heterocycles. The molecule has 0 spiro atoms. The third-order valence-electron chi connectivity index (χ3n) is 2.69. The van der Waals surface area contributed by atoms with Gasteiger partial charge in [0.05, 0.1) is 18.9 Å². The largest absolute Gasteiger partial charge is 0.492 e. The maximum atomic E-state index is 5.85. The van der Waals surface area contributed by atoms with Crippen molar-refractivity contribution in [2.75, 3.05) is 31.4 Å². The van der Waals surface area contributed by atoms with Gasteiger partial charge in [0.2, 0.25) is 0 Å². The van der Waals surface area contributed by atoms with Gasteiger partial charge in [-0.1, -0.05) is 13.3 Å². The number of hydrogen-bond acceptors (Lipinski definition) is 4. The van der Waals surface area contributed by atoms with Crippen molar-refractivity contribution in [2.45, 2.75) is 32.7 Å². The lowest BCUT2D eigenvalue weighted by atomic mass is 10.1. The van der Waals surface area contributed by atoms with E-state index in [0.29, 0.717) is 24.9 Å². The molecule has 3 N–H and O–H groups in total. The molecule has 0 radical (unpaired) electrons. The summed E-state index contributed by atoms with van der Waals surface area (Å²) < 4.78 is 10.7. The van der Waals surface area contributed by atoms with Crippen LogP contribution in [0, 0.1) is 0 Å². The van der Waals surface area contributed by atoms with Crippen molar-refractivity contribution in [2.24, 2.45) is 0 Å². The molecule has 4 heteroatoms. The minimum absolute atomic E-state index is 0.318. The highest BCUT2D eigenvalue weighted by Crippen LogP contribution is 2.26. The SMILES string of the molecule is CCCC(COC)Nc1ccc(N)c(OCC)c1. The van der Waals surface area contributed by atoms with Crippen molar-refractivity contribution in [3.05, 3.63) is 18.2 Å². The molecule has 0 aliphatic carbocycles. The molecule has 0 fully saturated rings. The van der Waals surface area contributed by atoms with Crippen LogP contribution in [0.3, 0.4) is 0 Å². The number of anilines is 2. The summed E-state index contributed by atoms with van der Waals surface area (Å²) in [7, 11) is 1.72. The van der Waals surface area contributed by atoms with Crippen LogP contribution in [0.2, 0.25) is 0 Å². The van der Waals surface area contributed by atoms with E-state index in [1.54, 1.807) is 7.11 Å². The molecule has 0 bridgehead atoms. The summed E-state index contributed by atoms with van der Waals surface area (Å²) in [5, 5.41) is 3.45. The molecule has 0 aliphatic heterocycles. The Hall–Kier alpha value is -1.42. The van der Waals surface area contributed by atoms with Crippen LogP contribution in [0.5, 0.6) is 5.75 Å². The van der Waals surface area contributed by atoms with E-state index in [-0.39, 0.29) is 0 Å². The van der Waals surface area contributed by atoms with Crippen LogP contribution in [0.1, 0.15) is 26.7 Å². The summed E-state index contributed by atoms with van der Waals surface area (Å²) in [4.78, 5) is 0. The monoisotopic (exact) mass is 252 g/mol. The van der Waals surface area contributed by atoms with Crippen molar-refractivity contribution in [1.29, 1.82) is 0 Å². The molecular formula is C14H24N2O2. The van der Waals surface area contributed by atoms with Gasteiger partial charge in [0.15, 0.2) is 0 Å². The molecule has 1 rings (SSSR count). The first-order chi connectivity index (χ1) is 8.71. The van der Waals surface area contributed by atoms with Crippen LogP contribution in [0.25, 0.3) is 0 Å².